The Morgan fingerprint density at radius 2 is 1.91 bits per heavy atom. The zero-order chi connectivity index (χ0) is 15.5. The van der Waals surface area contributed by atoms with Crippen molar-refractivity contribution < 1.29 is 4.74 Å². The molecule has 1 aliphatic carbocycles. The number of fused-ring (bicyclic) bond motifs is 1. The monoisotopic (exact) mass is 315 g/mol. The average Bonchev–Trinajstić information content (AvgIpc) is 3.10. The largest absolute Gasteiger partial charge is 0.493 e. The number of nitrogens with zero attached hydrogens (tertiary/aromatic N) is 3. The predicted molar refractivity (Wildman–Crippen MR) is 93.3 cm³/mol. The fourth-order valence-electron chi connectivity index (χ4n) is 4.39. The van der Waals surface area contributed by atoms with Crippen LogP contribution < -0.4 is 9.64 Å². The molecule has 1 saturated carbocycles. The summed E-state index contributed by atoms with van der Waals surface area (Å²) in [5.41, 5.74) is 1.32. The molecule has 3 aliphatic rings. The molecule has 0 unspecified atom stereocenters. The van der Waals surface area contributed by atoms with E-state index >= 15 is 0 Å². The van der Waals surface area contributed by atoms with Gasteiger partial charge in [0, 0.05) is 44.4 Å². The van der Waals surface area contributed by atoms with Crippen molar-refractivity contribution in [3.8, 4) is 5.75 Å². The standard InChI is InChI=1S/C19H29N3O/c1-2-4-16(5-3-1)7-10-21-11-13-22(14-12-21)19-17-8-15-23-18(17)6-9-20-19/h6,9,16H,1-5,7-8,10-15H2. The average molecular weight is 315 g/mol. The fraction of sp³-hybridized carbons (Fsp3) is 0.737. The molecule has 126 valence electrons. The number of hydrogen-bond acceptors (Lipinski definition) is 4. The molecule has 4 heteroatoms. The maximum absolute atomic E-state index is 5.68. The third kappa shape index (κ3) is 3.47. The number of ether oxygens (including phenoxy) is 1. The lowest BCUT2D eigenvalue weighted by Crippen LogP contribution is -2.47. The van der Waals surface area contributed by atoms with Crippen molar-refractivity contribution in [2.75, 3.05) is 44.2 Å². The minimum Gasteiger partial charge on any atom is -0.493 e. The number of anilines is 1. The Bertz CT molecular complexity index is 519. The summed E-state index contributed by atoms with van der Waals surface area (Å²) in [7, 11) is 0. The van der Waals surface area contributed by atoms with Crippen LogP contribution in [-0.2, 0) is 6.42 Å². The minimum atomic E-state index is 0.815. The zero-order valence-electron chi connectivity index (χ0n) is 14.2. The van der Waals surface area contributed by atoms with Gasteiger partial charge in [-0.2, -0.15) is 0 Å². The summed E-state index contributed by atoms with van der Waals surface area (Å²) >= 11 is 0. The first kappa shape index (κ1) is 15.3. The van der Waals surface area contributed by atoms with Crippen LogP contribution in [0.25, 0.3) is 0 Å². The zero-order valence-corrected chi connectivity index (χ0v) is 14.2. The van der Waals surface area contributed by atoms with Crippen molar-refractivity contribution in [1.82, 2.24) is 9.88 Å². The van der Waals surface area contributed by atoms with Gasteiger partial charge in [-0.25, -0.2) is 4.98 Å². The molecule has 3 heterocycles. The first-order valence-electron chi connectivity index (χ1n) is 9.48. The van der Waals surface area contributed by atoms with Crippen LogP contribution >= 0.6 is 0 Å². The number of pyridine rings is 1. The van der Waals surface area contributed by atoms with Gasteiger partial charge in [0.1, 0.15) is 11.6 Å². The molecule has 2 fully saturated rings. The number of piperazine rings is 1. The molecule has 0 spiro atoms. The summed E-state index contributed by atoms with van der Waals surface area (Å²) in [5.74, 6) is 3.22. The van der Waals surface area contributed by atoms with Crippen LogP contribution in [0.5, 0.6) is 5.75 Å². The molecule has 1 aromatic rings. The summed E-state index contributed by atoms with van der Waals surface area (Å²) in [5, 5.41) is 0. The number of aromatic nitrogens is 1. The van der Waals surface area contributed by atoms with Crippen molar-refractivity contribution in [2.24, 2.45) is 5.92 Å². The highest BCUT2D eigenvalue weighted by Gasteiger charge is 2.24. The normalized spacial score (nSPS) is 22.9. The Hall–Kier alpha value is -1.29. The van der Waals surface area contributed by atoms with Crippen LogP contribution in [0.2, 0.25) is 0 Å². The maximum Gasteiger partial charge on any atom is 0.135 e. The van der Waals surface area contributed by atoms with Gasteiger partial charge >= 0.3 is 0 Å². The van der Waals surface area contributed by atoms with E-state index in [1.807, 2.05) is 12.3 Å². The Morgan fingerprint density at radius 1 is 1.09 bits per heavy atom. The van der Waals surface area contributed by atoms with E-state index in [9.17, 15) is 0 Å². The molecule has 0 bridgehead atoms. The van der Waals surface area contributed by atoms with Gasteiger partial charge in [-0.3, -0.25) is 4.90 Å². The highest BCUT2D eigenvalue weighted by molar-refractivity contribution is 5.55. The van der Waals surface area contributed by atoms with E-state index in [0.717, 1.165) is 37.8 Å². The molecular weight excluding hydrogens is 286 g/mol. The third-order valence-corrected chi connectivity index (χ3v) is 5.85. The van der Waals surface area contributed by atoms with Crippen LogP contribution in [0.15, 0.2) is 12.3 Å². The summed E-state index contributed by atoms with van der Waals surface area (Å²) in [4.78, 5) is 9.77. The summed E-state index contributed by atoms with van der Waals surface area (Å²) in [6.45, 7) is 6.68. The third-order valence-electron chi connectivity index (χ3n) is 5.85. The Balaban J connectivity index is 1.28. The summed E-state index contributed by atoms with van der Waals surface area (Å²) < 4.78 is 5.68. The molecule has 0 N–H and O–H groups in total. The minimum absolute atomic E-state index is 0.815. The van der Waals surface area contributed by atoms with E-state index in [4.69, 9.17) is 4.74 Å². The number of hydrogen-bond donors (Lipinski definition) is 0. The molecule has 0 radical (unpaired) electrons. The topological polar surface area (TPSA) is 28.6 Å². The molecule has 4 nitrogen and oxygen atoms in total. The van der Waals surface area contributed by atoms with Gasteiger partial charge in [0.25, 0.3) is 0 Å². The molecule has 0 atom stereocenters. The molecule has 1 saturated heterocycles. The quantitative estimate of drug-likeness (QED) is 0.853. The first-order valence-corrected chi connectivity index (χ1v) is 9.48. The second-order valence-corrected chi connectivity index (χ2v) is 7.33. The highest BCUT2D eigenvalue weighted by Crippen LogP contribution is 2.32. The van der Waals surface area contributed by atoms with Crippen LogP contribution in [0, 0.1) is 5.92 Å². The van der Waals surface area contributed by atoms with Gasteiger partial charge in [0.2, 0.25) is 0 Å². The van der Waals surface area contributed by atoms with Crippen LogP contribution in [0.4, 0.5) is 5.82 Å². The van der Waals surface area contributed by atoms with Crippen molar-refractivity contribution in [3.63, 3.8) is 0 Å². The van der Waals surface area contributed by atoms with E-state index in [1.54, 1.807) is 0 Å². The van der Waals surface area contributed by atoms with Gasteiger partial charge in [0.05, 0.1) is 6.61 Å². The van der Waals surface area contributed by atoms with Gasteiger partial charge in [-0.1, -0.05) is 32.1 Å². The van der Waals surface area contributed by atoms with E-state index in [1.165, 1.54) is 69.5 Å². The smallest absolute Gasteiger partial charge is 0.135 e. The Morgan fingerprint density at radius 3 is 2.74 bits per heavy atom. The van der Waals surface area contributed by atoms with Crippen molar-refractivity contribution in [2.45, 2.75) is 44.9 Å². The molecule has 1 aromatic heterocycles. The maximum atomic E-state index is 5.68. The lowest BCUT2D eigenvalue weighted by Gasteiger charge is -2.36. The lowest BCUT2D eigenvalue weighted by molar-refractivity contribution is 0.221. The SMILES string of the molecule is c1cc2c(c(N3CCN(CCC4CCCCC4)CC3)n1)CCO2. The molecule has 4 rings (SSSR count). The Kier molecular flexibility index (Phi) is 4.69. The van der Waals surface area contributed by atoms with Crippen LogP contribution in [0.1, 0.15) is 44.1 Å². The van der Waals surface area contributed by atoms with E-state index in [2.05, 4.69) is 14.8 Å². The van der Waals surface area contributed by atoms with Crippen molar-refractivity contribution in [3.05, 3.63) is 17.8 Å². The van der Waals surface area contributed by atoms with E-state index in [0.29, 0.717) is 0 Å². The Labute approximate surface area is 139 Å². The lowest BCUT2D eigenvalue weighted by atomic mass is 9.87. The molecule has 23 heavy (non-hydrogen) atoms. The summed E-state index contributed by atoms with van der Waals surface area (Å²) in [6, 6.07) is 2.01. The molecule has 0 amide bonds. The van der Waals surface area contributed by atoms with Crippen molar-refractivity contribution in [1.29, 1.82) is 0 Å². The van der Waals surface area contributed by atoms with E-state index < -0.39 is 0 Å². The summed E-state index contributed by atoms with van der Waals surface area (Å²) in [6.07, 6.45) is 11.7. The first-order chi connectivity index (χ1) is 11.4. The molecular formula is C19H29N3O. The van der Waals surface area contributed by atoms with E-state index in [-0.39, 0.29) is 0 Å². The highest BCUT2D eigenvalue weighted by atomic mass is 16.5. The second-order valence-electron chi connectivity index (χ2n) is 7.33. The van der Waals surface area contributed by atoms with Gasteiger partial charge in [-0.15, -0.1) is 0 Å². The van der Waals surface area contributed by atoms with Gasteiger partial charge < -0.3 is 9.64 Å². The van der Waals surface area contributed by atoms with Crippen molar-refractivity contribution >= 4 is 5.82 Å². The van der Waals surface area contributed by atoms with Gasteiger partial charge in [-0.05, 0) is 24.9 Å². The number of rotatable bonds is 4. The second kappa shape index (κ2) is 7.08. The predicted octanol–water partition coefficient (Wildman–Crippen LogP) is 3.11. The molecule has 0 aromatic carbocycles. The van der Waals surface area contributed by atoms with Crippen LogP contribution in [0.3, 0.4) is 0 Å². The van der Waals surface area contributed by atoms with Gasteiger partial charge in [0.15, 0.2) is 0 Å². The fourth-order valence-corrected chi connectivity index (χ4v) is 4.39. The van der Waals surface area contributed by atoms with Crippen LogP contribution in [-0.4, -0.2) is 49.2 Å². The molecule has 2 aliphatic heterocycles.